The van der Waals surface area contributed by atoms with Gasteiger partial charge in [0.25, 0.3) is 10.0 Å². The zero-order chi connectivity index (χ0) is 16.6. The van der Waals surface area contributed by atoms with E-state index in [2.05, 4.69) is 25.6 Å². The fourth-order valence-corrected chi connectivity index (χ4v) is 4.80. The molecule has 0 unspecified atom stereocenters. The van der Waals surface area contributed by atoms with Crippen LogP contribution in [0.4, 0.5) is 5.69 Å². The number of thiazole rings is 1. The smallest absolute Gasteiger partial charge is 0.265 e. The fraction of sp³-hybridized carbons (Fsp3) is 0.133. The monoisotopic (exact) mass is 412 g/mol. The molecule has 0 aliphatic heterocycles. The Labute approximate surface area is 146 Å². The number of ether oxygens (including phenoxy) is 1. The summed E-state index contributed by atoms with van der Waals surface area (Å²) in [5.41, 5.74) is 1.35. The van der Waals surface area contributed by atoms with E-state index in [1.54, 1.807) is 30.3 Å². The molecule has 0 aliphatic rings. The summed E-state index contributed by atoms with van der Waals surface area (Å²) < 4.78 is 34.6. The first-order valence-corrected chi connectivity index (χ1v) is 9.72. The van der Waals surface area contributed by atoms with Gasteiger partial charge in [0.05, 0.1) is 28.0 Å². The summed E-state index contributed by atoms with van der Waals surface area (Å²) in [5, 5.41) is 0.939. The number of hydrogen-bond acceptors (Lipinski definition) is 5. The van der Waals surface area contributed by atoms with Crippen LogP contribution in [0.15, 0.2) is 45.8 Å². The minimum atomic E-state index is -3.76. The Hall–Kier alpha value is -1.64. The molecule has 3 aromatic rings. The molecule has 1 heterocycles. The third kappa shape index (κ3) is 3.34. The lowest BCUT2D eigenvalue weighted by Gasteiger charge is -2.12. The Morgan fingerprint density at radius 2 is 2.00 bits per heavy atom. The third-order valence-corrected chi connectivity index (χ3v) is 5.99. The number of anilines is 1. The average molecular weight is 413 g/mol. The van der Waals surface area contributed by atoms with Crippen LogP contribution in [0.25, 0.3) is 10.2 Å². The number of nitrogens with one attached hydrogen (secondary N) is 1. The first-order valence-electron chi connectivity index (χ1n) is 6.62. The van der Waals surface area contributed by atoms with E-state index in [4.69, 9.17) is 4.74 Å². The van der Waals surface area contributed by atoms with Crippen LogP contribution < -0.4 is 9.46 Å². The average Bonchev–Trinajstić information content (AvgIpc) is 2.86. The third-order valence-electron chi connectivity index (χ3n) is 3.16. The Bertz CT molecular complexity index is 984. The van der Waals surface area contributed by atoms with E-state index in [1.165, 1.54) is 24.5 Å². The quantitative estimate of drug-likeness (QED) is 0.697. The van der Waals surface area contributed by atoms with Gasteiger partial charge in [-0.3, -0.25) is 4.72 Å². The Balaban J connectivity index is 2.01. The van der Waals surface area contributed by atoms with E-state index in [0.29, 0.717) is 10.2 Å². The van der Waals surface area contributed by atoms with Crippen LogP contribution >= 0.6 is 27.3 Å². The van der Waals surface area contributed by atoms with Crippen LogP contribution in [0.1, 0.15) is 5.01 Å². The lowest BCUT2D eigenvalue weighted by molar-refractivity contribution is 0.403. The molecule has 1 aromatic heterocycles. The molecule has 1 N–H and O–H groups in total. The van der Waals surface area contributed by atoms with Crippen LogP contribution in [-0.4, -0.2) is 20.5 Å². The van der Waals surface area contributed by atoms with Crippen molar-refractivity contribution in [3.05, 3.63) is 45.9 Å². The number of halogens is 1. The van der Waals surface area contributed by atoms with Crippen molar-refractivity contribution >= 4 is 53.2 Å². The maximum Gasteiger partial charge on any atom is 0.265 e. The highest BCUT2D eigenvalue weighted by atomic mass is 79.9. The van der Waals surface area contributed by atoms with Crippen molar-refractivity contribution in [3.8, 4) is 5.75 Å². The summed E-state index contributed by atoms with van der Waals surface area (Å²) in [4.78, 5) is 4.44. The topological polar surface area (TPSA) is 68.3 Å². The van der Waals surface area contributed by atoms with E-state index >= 15 is 0 Å². The zero-order valence-corrected chi connectivity index (χ0v) is 15.5. The number of rotatable bonds is 4. The Kier molecular flexibility index (Phi) is 4.31. The molecule has 5 nitrogen and oxygen atoms in total. The molecule has 120 valence electrons. The second-order valence-electron chi connectivity index (χ2n) is 4.82. The van der Waals surface area contributed by atoms with Crippen molar-refractivity contribution in [2.45, 2.75) is 11.8 Å². The number of methoxy groups -OCH3 is 1. The number of nitrogens with zero attached hydrogens (tertiary/aromatic N) is 1. The number of benzene rings is 2. The van der Waals surface area contributed by atoms with Gasteiger partial charge in [0.1, 0.15) is 10.6 Å². The fourth-order valence-electron chi connectivity index (χ4n) is 2.17. The molecule has 0 fully saturated rings. The van der Waals surface area contributed by atoms with E-state index in [0.717, 1.165) is 15.2 Å². The number of fused-ring (bicyclic) bond motifs is 1. The van der Waals surface area contributed by atoms with Crippen LogP contribution in [0.3, 0.4) is 0 Å². The van der Waals surface area contributed by atoms with Crippen molar-refractivity contribution in [3.63, 3.8) is 0 Å². The van der Waals surface area contributed by atoms with Crippen LogP contribution in [0.5, 0.6) is 5.75 Å². The second-order valence-corrected chi connectivity index (χ2v) is 8.62. The molecule has 8 heteroatoms. The standard InChI is InChI=1S/C15H13BrN2O3S2/c1-9-17-12-5-4-11(8-14(12)22-9)18-23(19,20)15-7-10(16)3-6-13(15)21-2/h3-8,18H,1-2H3. The van der Waals surface area contributed by atoms with Crippen LogP contribution in [0, 0.1) is 6.92 Å². The van der Waals surface area contributed by atoms with Crippen molar-refractivity contribution in [1.82, 2.24) is 4.98 Å². The van der Waals surface area contributed by atoms with Crippen LogP contribution in [0.2, 0.25) is 0 Å². The van der Waals surface area contributed by atoms with Gasteiger partial charge in [0, 0.05) is 4.47 Å². The highest BCUT2D eigenvalue weighted by molar-refractivity contribution is 9.10. The zero-order valence-electron chi connectivity index (χ0n) is 12.3. The highest BCUT2D eigenvalue weighted by Crippen LogP contribution is 2.30. The molecule has 23 heavy (non-hydrogen) atoms. The summed E-state index contributed by atoms with van der Waals surface area (Å²) >= 11 is 4.80. The molecule has 0 saturated heterocycles. The molecule has 0 saturated carbocycles. The number of aryl methyl sites for hydroxylation is 1. The molecule has 0 aliphatic carbocycles. The largest absolute Gasteiger partial charge is 0.495 e. The van der Waals surface area contributed by atoms with Crippen molar-refractivity contribution in [1.29, 1.82) is 0 Å². The first-order chi connectivity index (χ1) is 10.9. The molecule has 2 aromatic carbocycles. The molecule has 0 atom stereocenters. The first kappa shape index (κ1) is 16.2. The maximum atomic E-state index is 12.7. The Morgan fingerprint density at radius 1 is 1.22 bits per heavy atom. The van der Waals surface area contributed by atoms with Gasteiger partial charge in [-0.15, -0.1) is 11.3 Å². The summed E-state index contributed by atoms with van der Waals surface area (Å²) in [7, 11) is -2.32. The highest BCUT2D eigenvalue weighted by Gasteiger charge is 2.20. The minimum Gasteiger partial charge on any atom is -0.495 e. The van der Waals surface area contributed by atoms with E-state index < -0.39 is 10.0 Å². The van der Waals surface area contributed by atoms with Gasteiger partial charge in [0.2, 0.25) is 0 Å². The number of aromatic nitrogens is 1. The van der Waals surface area contributed by atoms with Gasteiger partial charge in [-0.05, 0) is 43.3 Å². The van der Waals surface area contributed by atoms with Crippen molar-refractivity contribution in [2.75, 3.05) is 11.8 Å². The summed E-state index contributed by atoms with van der Waals surface area (Å²) in [6.45, 7) is 1.92. The summed E-state index contributed by atoms with van der Waals surface area (Å²) in [5.74, 6) is 0.287. The maximum absolute atomic E-state index is 12.7. The van der Waals surface area contributed by atoms with Gasteiger partial charge in [-0.25, -0.2) is 13.4 Å². The normalized spacial score (nSPS) is 11.6. The van der Waals surface area contributed by atoms with Gasteiger partial charge in [-0.2, -0.15) is 0 Å². The van der Waals surface area contributed by atoms with E-state index in [-0.39, 0.29) is 10.6 Å². The molecular formula is C15H13BrN2O3S2. The molecule has 0 bridgehead atoms. The minimum absolute atomic E-state index is 0.0787. The van der Waals surface area contributed by atoms with Crippen LogP contribution in [-0.2, 0) is 10.0 Å². The number of hydrogen-bond donors (Lipinski definition) is 1. The number of sulfonamides is 1. The summed E-state index contributed by atoms with van der Waals surface area (Å²) in [6, 6.07) is 10.1. The van der Waals surface area contributed by atoms with Gasteiger partial charge in [-0.1, -0.05) is 15.9 Å². The van der Waals surface area contributed by atoms with Crippen molar-refractivity contribution in [2.24, 2.45) is 0 Å². The lowest BCUT2D eigenvalue weighted by atomic mass is 10.3. The molecule has 3 rings (SSSR count). The van der Waals surface area contributed by atoms with Crippen molar-refractivity contribution < 1.29 is 13.2 Å². The molecule has 0 amide bonds. The SMILES string of the molecule is COc1ccc(Br)cc1S(=O)(=O)Nc1ccc2nc(C)sc2c1. The van der Waals surface area contributed by atoms with Gasteiger partial charge < -0.3 is 4.74 Å². The predicted octanol–water partition coefficient (Wildman–Crippen LogP) is 4.18. The molecule has 0 radical (unpaired) electrons. The van der Waals surface area contributed by atoms with E-state index in [9.17, 15) is 8.42 Å². The van der Waals surface area contributed by atoms with Gasteiger partial charge >= 0.3 is 0 Å². The van der Waals surface area contributed by atoms with Gasteiger partial charge in [0.15, 0.2) is 0 Å². The molecular weight excluding hydrogens is 400 g/mol. The predicted molar refractivity (Wildman–Crippen MR) is 95.9 cm³/mol. The lowest BCUT2D eigenvalue weighted by Crippen LogP contribution is -2.14. The summed E-state index contributed by atoms with van der Waals surface area (Å²) in [6.07, 6.45) is 0. The second kappa shape index (κ2) is 6.10. The Morgan fingerprint density at radius 3 is 2.74 bits per heavy atom. The molecule has 0 spiro atoms. The van der Waals surface area contributed by atoms with E-state index in [1.807, 2.05) is 6.92 Å².